The van der Waals surface area contributed by atoms with Crippen LogP contribution in [0.1, 0.15) is 52.9 Å². The van der Waals surface area contributed by atoms with E-state index in [1.165, 1.54) is 6.92 Å². The molecular formula is C27H38N6O2. The van der Waals surface area contributed by atoms with Gasteiger partial charge in [-0.05, 0) is 51.3 Å². The highest BCUT2D eigenvalue weighted by atomic mass is 16.2. The molecule has 35 heavy (non-hydrogen) atoms. The Morgan fingerprint density at radius 3 is 2.49 bits per heavy atom. The van der Waals surface area contributed by atoms with Crippen LogP contribution in [-0.2, 0) is 9.59 Å². The Morgan fingerprint density at radius 2 is 1.91 bits per heavy atom. The van der Waals surface area contributed by atoms with Crippen LogP contribution in [0.15, 0.2) is 59.5 Å². The fourth-order valence-corrected chi connectivity index (χ4v) is 4.82. The lowest BCUT2D eigenvalue weighted by Gasteiger charge is -2.34. The second kappa shape index (κ2) is 12.4. The molecule has 0 spiro atoms. The van der Waals surface area contributed by atoms with Gasteiger partial charge in [0.15, 0.2) is 5.78 Å². The van der Waals surface area contributed by atoms with Crippen molar-refractivity contribution in [2.24, 2.45) is 4.99 Å². The molecule has 0 radical (unpaired) electrons. The number of carbonyl (C=O) groups is 2. The van der Waals surface area contributed by atoms with Crippen LogP contribution in [0.2, 0.25) is 0 Å². The van der Waals surface area contributed by atoms with Gasteiger partial charge in [0.25, 0.3) is 5.91 Å². The molecule has 8 nitrogen and oxygen atoms in total. The molecule has 188 valence electrons. The minimum atomic E-state index is -0.224. The number of nitrogens with zero attached hydrogens (tertiary/aromatic N) is 4. The summed E-state index contributed by atoms with van der Waals surface area (Å²) < 4.78 is 0. The van der Waals surface area contributed by atoms with E-state index in [2.05, 4.69) is 38.7 Å². The van der Waals surface area contributed by atoms with Gasteiger partial charge in [0.05, 0.1) is 17.5 Å². The summed E-state index contributed by atoms with van der Waals surface area (Å²) in [6, 6.07) is 4.05. The number of allylic oxidation sites excluding steroid dienone is 1. The van der Waals surface area contributed by atoms with Crippen molar-refractivity contribution in [3.8, 4) is 0 Å². The van der Waals surface area contributed by atoms with Crippen molar-refractivity contribution in [3.63, 3.8) is 0 Å². The Morgan fingerprint density at radius 1 is 1.26 bits per heavy atom. The summed E-state index contributed by atoms with van der Waals surface area (Å²) >= 11 is 0. The molecule has 2 fully saturated rings. The zero-order valence-electron chi connectivity index (χ0n) is 21.3. The summed E-state index contributed by atoms with van der Waals surface area (Å²) in [6.07, 6.45) is 8.11. The van der Waals surface area contributed by atoms with E-state index in [9.17, 15) is 9.59 Å². The molecule has 0 unspecified atom stereocenters. The van der Waals surface area contributed by atoms with Crippen molar-refractivity contribution < 1.29 is 9.59 Å². The molecule has 0 atom stereocenters. The van der Waals surface area contributed by atoms with E-state index in [1.807, 2.05) is 32.2 Å². The van der Waals surface area contributed by atoms with Crippen LogP contribution in [-0.4, -0.2) is 59.6 Å². The highest BCUT2D eigenvalue weighted by Crippen LogP contribution is 2.31. The van der Waals surface area contributed by atoms with Gasteiger partial charge in [-0.15, -0.1) is 6.58 Å². The second-order valence-corrected chi connectivity index (χ2v) is 9.15. The molecule has 1 amide bonds. The predicted octanol–water partition coefficient (Wildman–Crippen LogP) is 4.05. The number of anilines is 2. The van der Waals surface area contributed by atoms with Gasteiger partial charge in [0, 0.05) is 38.6 Å². The molecule has 2 N–H and O–H groups in total. The number of hydrogen-bond acceptors (Lipinski definition) is 7. The maximum atomic E-state index is 13.2. The smallest absolute Gasteiger partial charge is 0.263 e. The minimum absolute atomic E-state index is 0.0907. The summed E-state index contributed by atoms with van der Waals surface area (Å²) in [6.45, 7) is 16.5. The summed E-state index contributed by atoms with van der Waals surface area (Å²) in [5, 5.41) is 6.50. The van der Waals surface area contributed by atoms with Gasteiger partial charge in [-0.1, -0.05) is 25.5 Å². The molecule has 1 saturated carbocycles. The molecular weight excluding hydrogens is 440 g/mol. The predicted molar refractivity (Wildman–Crippen MR) is 142 cm³/mol. The van der Waals surface area contributed by atoms with Gasteiger partial charge < -0.3 is 15.5 Å². The molecule has 1 aliphatic carbocycles. The van der Waals surface area contributed by atoms with E-state index in [1.54, 1.807) is 11.0 Å². The number of amidine groups is 1. The van der Waals surface area contributed by atoms with Crippen LogP contribution < -0.4 is 15.5 Å². The third-order valence-corrected chi connectivity index (χ3v) is 6.37. The maximum absolute atomic E-state index is 13.2. The van der Waals surface area contributed by atoms with Crippen molar-refractivity contribution in [1.29, 1.82) is 0 Å². The van der Waals surface area contributed by atoms with E-state index in [0.717, 1.165) is 63.1 Å². The average molecular weight is 479 g/mol. The number of piperazine rings is 1. The summed E-state index contributed by atoms with van der Waals surface area (Å²) in [4.78, 5) is 38.5. The van der Waals surface area contributed by atoms with Gasteiger partial charge in [-0.2, -0.15) is 0 Å². The summed E-state index contributed by atoms with van der Waals surface area (Å²) in [7, 11) is 0. The lowest BCUT2D eigenvalue weighted by atomic mass is 9.95. The van der Waals surface area contributed by atoms with E-state index in [0.29, 0.717) is 29.5 Å². The normalized spacial score (nSPS) is 20.0. The van der Waals surface area contributed by atoms with Crippen molar-refractivity contribution in [2.45, 2.75) is 58.9 Å². The fraction of sp³-hybridized carbons (Fsp3) is 0.481. The number of rotatable bonds is 6. The Bertz CT molecular complexity index is 999. The molecule has 1 aromatic heterocycles. The summed E-state index contributed by atoms with van der Waals surface area (Å²) in [5.74, 6) is 1.33. The van der Waals surface area contributed by atoms with Crippen LogP contribution in [0.4, 0.5) is 11.5 Å². The van der Waals surface area contributed by atoms with Crippen molar-refractivity contribution >= 4 is 29.0 Å². The first-order valence-corrected chi connectivity index (χ1v) is 12.4. The van der Waals surface area contributed by atoms with Gasteiger partial charge >= 0.3 is 0 Å². The monoisotopic (exact) mass is 478 g/mol. The molecule has 3 aliphatic rings. The largest absolute Gasteiger partial charge is 0.368 e. The Labute approximate surface area is 208 Å². The first-order chi connectivity index (χ1) is 16.8. The number of amides is 1. The molecule has 3 heterocycles. The molecule has 1 aromatic rings. The van der Waals surface area contributed by atoms with Gasteiger partial charge in [-0.3, -0.25) is 14.5 Å². The number of Topliss-reactive ketones (excluding diaryl/α,β-unsaturated/α-hetero) is 1. The highest BCUT2D eigenvalue weighted by Gasteiger charge is 2.37. The number of ketones is 1. The number of aliphatic imine (C=N–C) groups is 1. The number of carbonyl (C=O) groups excluding carboxylic acids is 2. The Balaban J connectivity index is 0.00000108. The van der Waals surface area contributed by atoms with Crippen LogP contribution >= 0.6 is 0 Å². The zero-order valence-corrected chi connectivity index (χ0v) is 21.3. The van der Waals surface area contributed by atoms with Gasteiger partial charge in [0.2, 0.25) is 0 Å². The fourth-order valence-electron chi connectivity index (χ4n) is 4.82. The Hall–Kier alpha value is -3.26. The molecule has 0 bridgehead atoms. The first-order valence-electron chi connectivity index (χ1n) is 12.4. The SMILES string of the molecule is C=C(/N=C1\CC(C)=C(C(C)=O)C(=O)N1C1CCCC1)Nc1ccc(N2CCNCC2)cn1.C=CC. The number of hydrogen-bond donors (Lipinski definition) is 2. The highest BCUT2D eigenvalue weighted by molar-refractivity contribution is 6.25. The number of pyridine rings is 1. The van der Waals surface area contributed by atoms with E-state index in [4.69, 9.17) is 0 Å². The standard InChI is InChI=1S/C24H32N6O2.C3H6/c1-16-14-22(30(19-6-4-5-7-19)24(32)23(16)17(2)31)28-18(3)27-21-9-8-20(15-26-21)29-12-10-25-11-13-29;1-3-2/h8-9,15,19,25H,3-7,10-14H2,1-2H3,(H,26,27);3H,1H2,2H3/b28-22+;. The second-order valence-electron chi connectivity index (χ2n) is 9.15. The molecule has 8 heteroatoms. The lowest BCUT2D eigenvalue weighted by Crippen LogP contribution is -2.48. The Kier molecular flexibility index (Phi) is 9.37. The number of nitrogens with one attached hydrogen (secondary N) is 2. The third kappa shape index (κ3) is 6.66. The molecule has 2 aliphatic heterocycles. The van der Waals surface area contributed by atoms with Crippen molar-refractivity contribution in [3.05, 3.63) is 54.5 Å². The van der Waals surface area contributed by atoms with Crippen LogP contribution in [0.25, 0.3) is 0 Å². The first kappa shape index (κ1) is 26.3. The number of aromatic nitrogens is 1. The third-order valence-electron chi connectivity index (χ3n) is 6.37. The maximum Gasteiger partial charge on any atom is 0.263 e. The van der Waals surface area contributed by atoms with Crippen molar-refractivity contribution in [2.75, 3.05) is 36.4 Å². The minimum Gasteiger partial charge on any atom is -0.368 e. The molecule has 0 aromatic carbocycles. The quantitative estimate of drug-likeness (QED) is 0.474. The van der Waals surface area contributed by atoms with Crippen molar-refractivity contribution in [1.82, 2.24) is 15.2 Å². The van der Waals surface area contributed by atoms with Crippen LogP contribution in [0, 0.1) is 0 Å². The topological polar surface area (TPSA) is 89.9 Å². The van der Waals surface area contributed by atoms with E-state index < -0.39 is 0 Å². The van der Waals surface area contributed by atoms with Crippen LogP contribution in [0.5, 0.6) is 0 Å². The lowest BCUT2D eigenvalue weighted by molar-refractivity contribution is -0.128. The molecule has 1 saturated heterocycles. The molecule has 4 rings (SSSR count). The summed E-state index contributed by atoms with van der Waals surface area (Å²) in [5.41, 5.74) is 2.16. The average Bonchev–Trinajstić information content (AvgIpc) is 3.34. The van der Waals surface area contributed by atoms with E-state index in [-0.39, 0.29) is 17.7 Å². The van der Waals surface area contributed by atoms with Crippen LogP contribution in [0.3, 0.4) is 0 Å². The zero-order chi connectivity index (χ0) is 25.4. The van der Waals surface area contributed by atoms with Gasteiger partial charge in [-0.25, -0.2) is 9.98 Å². The van der Waals surface area contributed by atoms with E-state index >= 15 is 0 Å². The van der Waals surface area contributed by atoms with Gasteiger partial charge in [0.1, 0.15) is 17.5 Å².